The van der Waals surface area contributed by atoms with Crippen molar-refractivity contribution >= 4 is 39.0 Å². The maximum absolute atomic E-state index is 13.9. The van der Waals surface area contributed by atoms with Crippen molar-refractivity contribution in [3.8, 4) is 5.69 Å². The van der Waals surface area contributed by atoms with Crippen LogP contribution >= 0.6 is 23.1 Å². The van der Waals surface area contributed by atoms with E-state index in [0.29, 0.717) is 28.2 Å². The van der Waals surface area contributed by atoms with Crippen molar-refractivity contribution in [2.45, 2.75) is 37.1 Å². The van der Waals surface area contributed by atoms with Crippen LogP contribution in [-0.4, -0.2) is 18.9 Å². The Labute approximate surface area is 203 Å². The zero-order chi connectivity index (χ0) is 23.2. The summed E-state index contributed by atoms with van der Waals surface area (Å²) in [6.07, 6.45) is 4.75. The maximum atomic E-state index is 13.9. The van der Waals surface area contributed by atoms with Gasteiger partial charge in [0, 0.05) is 22.9 Å². The number of pyridine rings is 1. The first-order valence-electron chi connectivity index (χ1n) is 11.3. The fraction of sp³-hybridized carbons (Fsp3) is 0.231. The van der Waals surface area contributed by atoms with E-state index in [1.165, 1.54) is 26.6 Å². The normalized spacial score (nSPS) is 15.6. The maximum Gasteiger partial charge on any atom is 0.267 e. The average molecular weight is 487 g/mol. The molecule has 6 nitrogen and oxygen atoms in total. The van der Waals surface area contributed by atoms with Gasteiger partial charge in [0.15, 0.2) is 5.16 Å². The highest BCUT2D eigenvalue weighted by Gasteiger charge is 2.25. The third-order valence-electron chi connectivity index (χ3n) is 6.29. The van der Waals surface area contributed by atoms with Crippen molar-refractivity contribution in [2.24, 2.45) is 5.92 Å². The number of thiophene rings is 1. The third kappa shape index (κ3) is 3.67. The molecule has 1 aliphatic rings. The molecule has 0 aliphatic heterocycles. The van der Waals surface area contributed by atoms with E-state index < -0.39 is 0 Å². The summed E-state index contributed by atoms with van der Waals surface area (Å²) in [7, 11) is 0. The summed E-state index contributed by atoms with van der Waals surface area (Å²) in [4.78, 5) is 38.1. The number of para-hydroxylation sites is 1. The van der Waals surface area contributed by atoms with Gasteiger partial charge in [-0.05, 0) is 55.0 Å². The summed E-state index contributed by atoms with van der Waals surface area (Å²) >= 11 is 3.09. The minimum Gasteiger partial charge on any atom is -0.269 e. The van der Waals surface area contributed by atoms with Crippen LogP contribution in [0, 0.1) is 5.92 Å². The highest BCUT2D eigenvalue weighted by molar-refractivity contribution is 7.98. The number of aromatic nitrogens is 4. The number of aryl methyl sites for hydroxylation is 1. The average Bonchev–Trinajstić information content (AvgIpc) is 3.21. The first kappa shape index (κ1) is 21.3. The quantitative estimate of drug-likeness (QED) is 0.268. The number of hydrogen-bond donors (Lipinski definition) is 0. The molecular formula is C26H22N4O2S2. The lowest BCUT2D eigenvalue weighted by atomic mass is 9.89. The van der Waals surface area contributed by atoms with Crippen LogP contribution < -0.4 is 11.1 Å². The molecule has 0 saturated carbocycles. The molecule has 8 heteroatoms. The van der Waals surface area contributed by atoms with E-state index in [4.69, 9.17) is 4.98 Å². The van der Waals surface area contributed by atoms with Crippen molar-refractivity contribution < 1.29 is 0 Å². The summed E-state index contributed by atoms with van der Waals surface area (Å²) in [5.74, 6) is 1.07. The van der Waals surface area contributed by atoms with Gasteiger partial charge in [0.1, 0.15) is 10.5 Å². The van der Waals surface area contributed by atoms with Gasteiger partial charge in [-0.25, -0.2) is 9.97 Å². The Bertz CT molecular complexity index is 1650. The summed E-state index contributed by atoms with van der Waals surface area (Å²) in [6, 6.07) is 16.7. The number of benzene rings is 1. The second-order valence-electron chi connectivity index (χ2n) is 8.71. The molecule has 34 heavy (non-hydrogen) atoms. The molecule has 6 rings (SSSR count). The zero-order valence-corrected chi connectivity index (χ0v) is 20.2. The monoisotopic (exact) mass is 486 g/mol. The van der Waals surface area contributed by atoms with Crippen LogP contribution in [0.2, 0.25) is 0 Å². The molecule has 1 aliphatic carbocycles. The van der Waals surface area contributed by atoms with Gasteiger partial charge < -0.3 is 0 Å². The molecule has 1 unspecified atom stereocenters. The van der Waals surface area contributed by atoms with Crippen molar-refractivity contribution in [1.82, 2.24) is 18.9 Å². The van der Waals surface area contributed by atoms with Crippen LogP contribution in [0.4, 0.5) is 0 Å². The highest BCUT2D eigenvalue weighted by Crippen LogP contribution is 2.37. The van der Waals surface area contributed by atoms with Gasteiger partial charge >= 0.3 is 0 Å². The number of hydrogen-bond acceptors (Lipinski definition) is 6. The molecular weight excluding hydrogens is 464 g/mol. The number of rotatable bonds is 4. The van der Waals surface area contributed by atoms with Gasteiger partial charge in [-0.2, -0.15) is 0 Å². The molecule has 0 spiro atoms. The van der Waals surface area contributed by atoms with Crippen LogP contribution in [0.3, 0.4) is 0 Å². The van der Waals surface area contributed by atoms with E-state index in [2.05, 4.69) is 11.9 Å². The lowest BCUT2D eigenvalue weighted by Crippen LogP contribution is -2.22. The molecule has 0 amide bonds. The van der Waals surface area contributed by atoms with Crippen LogP contribution in [0.1, 0.15) is 29.5 Å². The Hall–Kier alpha value is -3.23. The van der Waals surface area contributed by atoms with E-state index >= 15 is 0 Å². The molecule has 0 fully saturated rings. The Morgan fingerprint density at radius 2 is 1.91 bits per heavy atom. The molecule has 0 N–H and O–H groups in total. The predicted octanol–water partition coefficient (Wildman–Crippen LogP) is 4.87. The van der Waals surface area contributed by atoms with E-state index in [1.54, 1.807) is 28.2 Å². The largest absolute Gasteiger partial charge is 0.269 e. The molecule has 5 aromatic rings. The van der Waals surface area contributed by atoms with Gasteiger partial charge in [0.05, 0.1) is 16.8 Å². The minimum absolute atomic E-state index is 0.0164. The van der Waals surface area contributed by atoms with E-state index in [0.717, 1.165) is 35.2 Å². The van der Waals surface area contributed by atoms with Crippen LogP contribution in [0.5, 0.6) is 0 Å². The van der Waals surface area contributed by atoms with E-state index in [9.17, 15) is 9.59 Å². The first-order chi connectivity index (χ1) is 16.6. The third-order valence-corrected chi connectivity index (χ3v) is 8.41. The number of nitrogens with zero attached hydrogens (tertiary/aromatic N) is 4. The van der Waals surface area contributed by atoms with Crippen molar-refractivity contribution in [3.05, 3.63) is 97.6 Å². The predicted molar refractivity (Wildman–Crippen MR) is 137 cm³/mol. The molecule has 170 valence electrons. The molecule has 4 heterocycles. The smallest absolute Gasteiger partial charge is 0.267 e. The molecule has 0 saturated heterocycles. The molecule has 0 bridgehead atoms. The fourth-order valence-electron chi connectivity index (χ4n) is 4.59. The van der Waals surface area contributed by atoms with E-state index in [-0.39, 0.29) is 11.1 Å². The Kier molecular flexibility index (Phi) is 5.34. The van der Waals surface area contributed by atoms with Crippen LogP contribution in [-0.2, 0) is 18.6 Å². The minimum atomic E-state index is -0.120. The van der Waals surface area contributed by atoms with Gasteiger partial charge in [0.25, 0.3) is 11.1 Å². The van der Waals surface area contributed by atoms with Gasteiger partial charge in [-0.15, -0.1) is 11.3 Å². The van der Waals surface area contributed by atoms with Gasteiger partial charge in [-0.1, -0.05) is 43.0 Å². The van der Waals surface area contributed by atoms with Crippen molar-refractivity contribution in [2.75, 3.05) is 0 Å². The van der Waals surface area contributed by atoms with Gasteiger partial charge in [-0.3, -0.25) is 18.6 Å². The zero-order valence-electron chi connectivity index (χ0n) is 18.6. The molecule has 1 aromatic carbocycles. The number of thioether (sulfide) groups is 1. The summed E-state index contributed by atoms with van der Waals surface area (Å²) < 4.78 is 3.24. The Morgan fingerprint density at radius 1 is 1.09 bits per heavy atom. The lowest BCUT2D eigenvalue weighted by Gasteiger charge is -2.17. The number of fused-ring (bicyclic) bond motifs is 4. The molecule has 1 atom stereocenters. The van der Waals surface area contributed by atoms with E-state index in [1.807, 2.05) is 48.5 Å². The van der Waals surface area contributed by atoms with Crippen molar-refractivity contribution in [3.63, 3.8) is 0 Å². The van der Waals surface area contributed by atoms with Gasteiger partial charge in [0.2, 0.25) is 0 Å². The molecule has 4 aromatic heterocycles. The summed E-state index contributed by atoms with van der Waals surface area (Å²) in [6.45, 7) is 2.27. The Morgan fingerprint density at radius 3 is 2.76 bits per heavy atom. The SMILES string of the molecule is CC1CCc2c(sc3nc(SCc4cc(=O)n5ccccc5n4)n(-c4ccccc4)c(=O)c23)C1. The lowest BCUT2D eigenvalue weighted by molar-refractivity contribution is 0.509. The van der Waals surface area contributed by atoms with Crippen molar-refractivity contribution in [1.29, 1.82) is 0 Å². The topological polar surface area (TPSA) is 69.3 Å². The fourth-order valence-corrected chi connectivity index (χ4v) is 6.92. The first-order valence-corrected chi connectivity index (χ1v) is 13.1. The van der Waals surface area contributed by atoms with Crippen LogP contribution in [0.25, 0.3) is 21.6 Å². The summed E-state index contributed by atoms with van der Waals surface area (Å²) in [5, 5.41) is 1.38. The Balaban J connectivity index is 1.47. The standard InChI is InChI=1S/C26H22N4O2S2/c1-16-10-11-19-20(13-16)34-24-23(19)25(32)30(18-7-3-2-4-8-18)26(28-24)33-15-17-14-22(31)29-12-6-5-9-21(29)27-17/h2-9,12,14,16H,10-11,13,15H2,1H3. The summed E-state index contributed by atoms with van der Waals surface area (Å²) in [5.41, 5.74) is 3.10. The molecule has 0 radical (unpaired) electrons. The highest BCUT2D eigenvalue weighted by atomic mass is 32.2. The second-order valence-corrected chi connectivity index (χ2v) is 10.7. The van der Waals surface area contributed by atoms with Crippen LogP contribution in [0.15, 0.2) is 75.5 Å². The second kappa shape index (κ2) is 8.52.